The van der Waals surface area contributed by atoms with Crippen molar-refractivity contribution in [1.82, 2.24) is 14.8 Å². The standard InChI is InChI=1S/C19H22ClN3O2/c1-15(24)23(13-17-3-5-18(20)6-4-17)14-19(25)22(2)12-9-16-7-10-21-11-8-16/h3-8,10-11H,9,12-14H2,1-2H3. The van der Waals surface area contributed by atoms with Crippen molar-refractivity contribution < 1.29 is 9.59 Å². The third kappa shape index (κ3) is 6.19. The second-order valence-corrected chi connectivity index (χ2v) is 6.36. The zero-order chi connectivity index (χ0) is 18.2. The van der Waals surface area contributed by atoms with Gasteiger partial charge in [-0.15, -0.1) is 0 Å². The molecule has 6 heteroatoms. The van der Waals surface area contributed by atoms with Crippen molar-refractivity contribution in [3.63, 3.8) is 0 Å². The summed E-state index contributed by atoms with van der Waals surface area (Å²) < 4.78 is 0. The molecule has 1 aromatic carbocycles. The largest absolute Gasteiger partial charge is 0.344 e. The molecule has 0 aliphatic heterocycles. The highest BCUT2D eigenvalue weighted by Gasteiger charge is 2.17. The van der Waals surface area contributed by atoms with Crippen LogP contribution in [0.25, 0.3) is 0 Å². The maximum Gasteiger partial charge on any atom is 0.241 e. The molecule has 0 N–H and O–H groups in total. The maximum absolute atomic E-state index is 12.4. The van der Waals surface area contributed by atoms with E-state index >= 15 is 0 Å². The molecule has 0 atom stereocenters. The fraction of sp³-hybridized carbons (Fsp3) is 0.316. The second kappa shape index (κ2) is 9.18. The number of rotatable bonds is 7. The molecule has 132 valence electrons. The molecule has 2 amide bonds. The van der Waals surface area contributed by atoms with Gasteiger partial charge in [0.05, 0.1) is 0 Å². The van der Waals surface area contributed by atoms with Crippen LogP contribution < -0.4 is 0 Å². The lowest BCUT2D eigenvalue weighted by atomic mass is 10.2. The van der Waals surface area contributed by atoms with Crippen LogP contribution in [-0.2, 0) is 22.6 Å². The van der Waals surface area contributed by atoms with Gasteiger partial charge in [0.1, 0.15) is 6.54 Å². The lowest BCUT2D eigenvalue weighted by molar-refractivity contribution is -0.139. The lowest BCUT2D eigenvalue weighted by Crippen LogP contribution is -2.40. The number of hydrogen-bond donors (Lipinski definition) is 0. The average molecular weight is 360 g/mol. The van der Waals surface area contributed by atoms with E-state index in [4.69, 9.17) is 11.6 Å². The number of halogens is 1. The molecular weight excluding hydrogens is 338 g/mol. The predicted octanol–water partition coefficient (Wildman–Crippen LogP) is 2.78. The fourth-order valence-electron chi connectivity index (χ4n) is 2.34. The van der Waals surface area contributed by atoms with Gasteiger partial charge in [0, 0.05) is 44.5 Å². The van der Waals surface area contributed by atoms with Crippen molar-refractivity contribution in [3.05, 3.63) is 64.9 Å². The van der Waals surface area contributed by atoms with Gasteiger partial charge in [-0.3, -0.25) is 14.6 Å². The zero-order valence-corrected chi connectivity index (χ0v) is 15.2. The van der Waals surface area contributed by atoms with E-state index in [1.807, 2.05) is 24.3 Å². The Balaban J connectivity index is 1.90. The number of pyridine rings is 1. The van der Waals surface area contributed by atoms with Crippen LogP contribution in [0.4, 0.5) is 0 Å². The Bertz CT molecular complexity index is 704. The van der Waals surface area contributed by atoms with Gasteiger partial charge in [0.25, 0.3) is 0 Å². The van der Waals surface area contributed by atoms with Crippen molar-refractivity contribution in [2.75, 3.05) is 20.1 Å². The van der Waals surface area contributed by atoms with E-state index in [0.29, 0.717) is 18.1 Å². The summed E-state index contributed by atoms with van der Waals surface area (Å²) in [5, 5.41) is 0.644. The molecule has 0 aliphatic rings. The molecule has 0 saturated heterocycles. The van der Waals surface area contributed by atoms with Crippen LogP contribution in [0, 0.1) is 0 Å². The summed E-state index contributed by atoms with van der Waals surface area (Å²) in [6.45, 7) is 2.51. The predicted molar refractivity (Wildman–Crippen MR) is 98.1 cm³/mol. The third-order valence-electron chi connectivity index (χ3n) is 3.97. The molecule has 0 fully saturated rings. The molecular formula is C19H22ClN3O2. The number of aromatic nitrogens is 1. The smallest absolute Gasteiger partial charge is 0.241 e. The van der Waals surface area contributed by atoms with E-state index in [9.17, 15) is 9.59 Å². The first-order valence-electron chi connectivity index (χ1n) is 8.08. The highest BCUT2D eigenvalue weighted by Crippen LogP contribution is 2.12. The monoisotopic (exact) mass is 359 g/mol. The van der Waals surface area contributed by atoms with Crippen molar-refractivity contribution in [2.24, 2.45) is 0 Å². The Hall–Kier alpha value is -2.40. The van der Waals surface area contributed by atoms with Gasteiger partial charge in [-0.1, -0.05) is 23.7 Å². The first kappa shape index (κ1) is 18.9. The first-order chi connectivity index (χ1) is 12.0. The van der Waals surface area contributed by atoms with Crippen LogP contribution >= 0.6 is 11.6 Å². The molecule has 0 aliphatic carbocycles. The van der Waals surface area contributed by atoms with E-state index in [-0.39, 0.29) is 18.4 Å². The Morgan fingerprint density at radius 3 is 2.28 bits per heavy atom. The summed E-state index contributed by atoms with van der Waals surface area (Å²) in [6.07, 6.45) is 4.23. The van der Waals surface area contributed by atoms with Crippen LogP contribution in [-0.4, -0.2) is 46.7 Å². The number of benzene rings is 1. The van der Waals surface area contributed by atoms with Crippen molar-refractivity contribution in [2.45, 2.75) is 19.9 Å². The van der Waals surface area contributed by atoms with E-state index in [1.165, 1.54) is 11.8 Å². The topological polar surface area (TPSA) is 53.5 Å². The van der Waals surface area contributed by atoms with Gasteiger partial charge in [-0.25, -0.2) is 0 Å². The highest BCUT2D eigenvalue weighted by molar-refractivity contribution is 6.30. The number of hydrogen-bond acceptors (Lipinski definition) is 3. The van der Waals surface area contributed by atoms with E-state index in [1.54, 1.807) is 36.5 Å². The summed E-state index contributed by atoms with van der Waals surface area (Å²) in [7, 11) is 1.75. The zero-order valence-electron chi connectivity index (χ0n) is 14.5. The maximum atomic E-state index is 12.4. The van der Waals surface area contributed by atoms with Gasteiger partial charge < -0.3 is 9.80 Å². The van der Waals surface area contributed by atoms with E-state index in [0.717, 1.165) is 17.5 Å². The summed E-state index contributed by atoms with van der Waals surface area (Å²) in [5.41, 5.74) is 2.06. The molecule has 25 heavy (non-hydrogen) atoms. The molecule has 0 radical (unpaired) electrons. The van der Waals surface area contributed by atoms with Crippen LogP contribution in [0.3, 0.4) is 0 Å². The van der Waals surface area contributed by atoms with Crippen molar-refractivity contribution in [3.8, 4) is 0 Å². The molecule has 1 aromatic heterocycles. The molecule has 0 spiro atoms. The summed E-state index contributed by atoms with van der Waals surface area (Å²) in [4.78, 5) is 31.5. The molecule has 2 aromatic rings. The molecule has 0 saturated carbocycles. The number of nitrogens with zero attached hydrogens (tertiary/aromatic N) is 3. The van der Waals surface area contributed by atoms with Crippen LogP contribution in [0.1, 0.15) is 18.1 Å². The fourth-order valence-corrected chi connectivity index (χ4v) is 2.47. The SMILES string of the molecule is CC(=O)N(CC(=O)N(C)CCc1ccncc1)Cc1ccc(Cl)cc1. The summed E-state index contributed by atoms with van der Waals surface area (Å²) >= 11 is 5.88. The number of likely N-dealkylation sites (N-methyl/N-ethyl adjacent to an activating group) is 1. The number of carbonyl (C=O) groups is 2. The molecule has 5 nitrogen and oxygen atoms in total. The van der Waals surface area contributed by atoms with Gasteiger partial charge in [-0.05, 0) is 41.8 Å². The minimum absolute atomic E-state index is 0.0603. The normalized spacial score (nSPS) is 10.4. The van der Waals surface area contributed by atoms with Crippen LogP contribution in [0.5, 0.6) is 0 Å². The quantitative estimate of drug-likeness (QED) is 0.763. The van der Waals surface area contributed by atoms with Crippen molar-refractivity contribution in [1.29, 1.82) is 0 Å². The Morgan fingerprint density at radius 2 is 1.68 bits per heavy atom. The van der Waals surface area contributed by atoms with E-state index in [2.05, 4.69) is 4.98 Å². The summed E-state index contributed by atoms with van der Waals surface area (Å²) in [6, 6.07) is 11.1. The first-order valence-corrected chi connectivity index (χ1v) is 8.46. The van der Waals surface area contributed by atoms with Gasteiger partial charge in [-0.2, -0.15) is 0 Å². The third-order valence-corrected chi connectivity index (χ3v) is 4.22. The minimum atomic E-state index is -0.133. The highest BCUT2D eigenvalue weighted by atomic mass is 35.5. The molecule has 1 heterocycles. The van der Waals surface area contributed by atoms with E-state index < -0.39 is 0 Å². The van der Waals surface area contributed by atoms with Crippen LogP contribution in [0.15, 0.2) is 48.8 Å². The summed E-state index contributed by atoms with van der Waals surface area (Å²) in [5.74, 6) is -0.218. The minimum Gasteiger partial charge on any atom is -0.344 e. The molecule has 0 bridgehead atoms. The van der Waals surface area contributed by atoms with Gasteiger partial charge in [0.2, 0.25) is 11.8 Å². The Kier molecular flexibility index (Phi) is 6.95. The molecule has 2 rings (SSSR count). The van der Waals surface area contributed by atoms with Gasteiger partial charge >= 0.3 is 0 Å². The lowest BCUT2D eigenvalue weighted by Gasteiger charge is -2.24. The number of carbonyl (C=O) groups excluding carboxylic acids is 2. The second-order valence-electron chi connectivity index (χ2n) is 5.92. The van der Waals surface area contributed by atoms with Crippen LogP contribution in [0.2, 0.25) is 5.02 Å². The number of amides is 2. The average Bonchev–Trinajstić information content (AvgIpc) is 2.61. The Labute approximate surface area is 153 Å². The molecule has 0 unspecified atom stereocenters. The van der Waals surface area contributed by atoms with Crippen molar-refractivity contribution >= 4 is 23.4 Å². The van der Waals surface area contributed by atoms with Gasteiger partial charge in [0.15, 0.2) is 0 Å². The Morgan fingerprint density at radius 1 is 1.04 bits per heavy atom.